The lowest BCUT2D eigenvalue weighted by atomic mass is 10.1. The molecular formula is C18H18ClF3N2O5S. The Morgan fingerprint density at radius 2 is 1.67 bits per heavy atom. The highest BCUT2D eigenvalue weighted by Crippen LogP contribution is 2.38. The Hall–Kier alpha value is -2.66. The number of anilines is 2. The molecule has 0 heterocycles. The van der Waals surface area contributed by atoms with Gasteiger partial charge >= 0.3 is 6.18 Å². The van der Waals surface area contributed by atoms with Gasteiger partial charge < -0.3 is 14.8 Å². The summed E-state index contributed by atoms with van der Waals surface area (Å²) in [4.78, 5) is 12.8. The summed E-state index contributed by atoms with van der Waals surface area (Å²) in [5.74, 6) is -0.581. The van der Waals surface area contributed by atoms with Crippen molar-refractivity contribution in [2.75, 3.05) is 37.1 Å². The zero-order valence-electron chi connectivity index (χ0n) is 16.3. The van der Waals surface area contributed by atoms with Gasteiger partial charge in [-0.05, 0) is 24.3 Å². The summed E-state index contributed by atoms with van der Waals surface area (Å²) in [6.07, 6.45) is -3.79. The molecule has 0 unspecified atom stereocenters. The third-order valence-corrected chi connectivity index (χ3v) is 5.63. The summed E-state index contributed by atoms with van der Waals surface area (Å²) >= 11 is 5.59. The van der Waals surface area contributed by atoms with Gasteiger partial charge in [-0.2, -0.15) is 13.2 Å². The quantitative estimate of drug-likeness (QED) is 0.695. The summed E-state index contributed by atoms with van der Waals surface area (Å²) < 4.78 is 74.3. The number of nitrogens with one attached hydrogen (secondary N) is 1. The van der Waals surface area contributed by atoms with Crippen LogP contribution < -0.4 is 19.1 Å². The van der Waals surface area contributed by atoms with Crippen LogP contribution in [0.5, 0.6) is 11.5 Å². The van der Waals surface area contributed by atoms with Gasteiger partial charge in [0.25, 0.3) is 5.91 Å². The van der Waals surface area contributed by atoms with Crippen LogP contribution >= 0.6 is 11.6 Å². The van der Waals surface area contributed by atoms with Crippen molar-refractivity contribution in [3.8, 4) is 11.5 Å². The van der Waals surface area contributed by atoms with Crippen molar-refractivity contribution in [3.05, 3.63) is 46.5 Å². The first-order chi connectivity index (χ1) is 13.8. The molecule has 0 aliphatic carbocycles. The molecule has 2 aromatic carbocycles. The van der Waals surface area contributed by atoms with Crippen LogP contribution in [0.3, 0.4) is 0 Å². The molecule has 0 atom stereocenters. The molecule has 0 aliphatic heterocycles. The fourth-order valence-corrected chi connectivity index (χ4v) is 3.24. The van der Waals surface area contributed by atoms with E-state index in [1.165, 1.54) is 39.5 Å². The highest BCUT2D eigenvalue weighted by atomic mass is 35.5. The first kappa shape index (κ1) is 23.6. The van der Waals surface area contributed by atoms with Crippen LogP contribution in [0, 0.1) is 0 Å². The number of carbonyl (C=O) groups is 1. The van der Waals surface area contributed by atoms with Gasteiger partial charge in [-0.15, -0.1) is 0 Å². The molecule has 0 aromatic heterocycles. The van der Waals surface area contributed by atoms with Crippen molar-refractivity contribution in [1.29, 1.82) is 0 Å². The second kappa shape index (κ2) is 8.60. The summed E-state index contributed by atoms with van der Waals surface area (Å²) in [6, 6.07) is 5.37. The molecule has 0 aliphatic rings. The lowest BCUT2D eigenvalue weighted by molar-refractivity contribution is -0.137. The van der Waals surface area contributed by atoms with E-state index in [2.05, 4.69) is 5.32 Å². The standard InChI is InChI=1S/C18H18ClF3N2O5S/c1-24(30(4,26)27)14-9-16(29-3)15(28-2)8-11(14)17(25)23-10-5-6-13(19)12(7-10)18(20,21)22/h5-9H,1-4H3,(H,23,25). The summed E-state index contributed by atoms with van der Waals surface area (Å²) in [6.45, 7) is 0. The zero-order valence-corrected chi connectivity index (χ0v) is 17.9. The van der Waals surface area contributed by atoms with E-state index < -0.39 is 32.7 Å². The Kier molecular flexibility index (Phi) is 6.77. The molecule has 0 saturated heterocycles. The zero-order chi connectivity index (χ0) is 22.9. The summed E-state index contributed by atoms with van der Waals surface area (Å²) in [5, 5.41) is 1.79. The Labute approximate surface area is 176 Å². The molecule has 0 radical (unpaired) electrons. The van der Waals surface area contributed by atoms with E-state index in [0.29, 0.717) is 6.07 Å². The Morgan fingerprint density at radius 3 is 2.17 bits per heavy atom. The molecule has 1 amide bonds. The molecule has 1 N–H and O–H groups in total. The van der Waals surface area contributed by atoms with Crippen molar-refractivity contribution < 1.29 is 35.9 Å². The Morgan fingerprint density at radius 1 is 1.10 bits per heavy atom. The molecule has 0 spiro atoms. The van der Waals surface area contributed by atoms with Gasteiger partial charge in [0.15, 0.2) is 11.5 Å². The van der Waals surface area contributed by atoms with E-state index in [-0.39, 0.29) is 28.4 Å². The van der Waals surface area contributed by atoms with Crippen LogP contribution in [0.4, 0.5) is 24.5 Å². The van der Waals surface area contributed by atoms with Gasteiger partial charge in [-0.1, -0.05) is 11.6 Å². The van der Waals surface area contributed by atoms with Crippen LogP contribution in [0.1, 0.15) is 15.9 Å². The van der Waals surface area contributed by atoms with E-state index in [0.717, 1.165) is 16.6 Å². The number of sulfonamides is 1. The summed E-state index contributed by atoms with van der Waals surface area (Å²) in [5.41, 5.74) is -1.52. The SMILES string of the molecule is COc1cc(C(=O)Nc2ccc(Cl)c(C(F)(F)F)c2)c(N(C)S(C)(=O)=O)cc1OC. The largest absolute Gasteiger partial charge is 0.493 e. The van der Waals surface area contributed by atoms with Crippen LogP contribution in [0.25, 0.3) is 0 Å². The number of ether oxygens (including phenoxy) is 2. The molecule has 7 nitrogen and oxygen atoms in total. The third kappa shape index (κ3) is 5.08. The number of carbonyl (C=O) groups excluding carboxylic acids is 1. The second-order valence-electron chi connectivity index (χ2n) is 6.10. The minimum Gasteiger partial charge on any atom is -0.493 e. The molecule has 0 bridgehead atoms. The van der Waals surface area contributed by atoms with E-state index in [4.69, 9.17) is 21.1 Å². The highest BCUT2D eigenvalue weighted by Gasteiger charge is 2.33. The molecule has 12 heteroatoms. The van der Waals surface area contributed by atoms with E-state index in [1.54, 1.807) is 0 Å². The van der Waals surface area contributed by atoms with E-state index in [1.807, 2.05) is 0 Å². The maximum Gasteiger partial charge on any atom is 0.417 e. The number of benzene rings is 2. The van der Waals surface area contributed by atoms with Gasteiger partial charge in [-0.3, -0.25) is 9.10 Å². The van der Waals surface area contributed by atoms with Gasteiger partial charge in [-0.25, -0.2) is 8.42 Å². The highest BCUT2D eigenvalue weighted by molar-refractivity contribution is 7.92. The second-order valence-corrected chi connectivity index (χ2v) is 8.52. The van der Waals surface area contributed by atoms with Crippen molar-refractivity contribution in [2.24, 2.45) is 0 Å². The third-order valence-electron chi connectivity index (χ3n) is 4.11. The lowest BCUT2D eigenvalue weighted by Gasteiger charge is -2.22. The molecule has 2 aromatic rings. The monoisotopic (exact) mass is 466 g/mol. The average Bonchev–Trinajstić information content (AvgIpc) is 2.66. The van der Waals surface area contributed by atoms with E-state index in [9.17, 15) is 26.4 Å². The van der Waals surface area contributed by atoms with Crippen molar-refractivity contribution in [3.63, 3.8) is 0 Å². The molecule has 0 fully saturated rings. The van der Waals surface area contributed by atoms with Crippen LogP contribution in [-0.4, -0.2) is 41.8 Å². The van der Waals surface area contributed by atoms with Crippen molar-refractivity contribution in [2.45, 2.75) is 6.18 Å². The lowest BCUT2D eigenvalue weighted by Crippen LogP contribution is -2.28. The molecule has 30 heavy (non-hydrogen) atoms. The normalized spacial score (nSPS) is 11.7. The first-order valence-electron chi connectivity index (χ1n) is 8.17. The first-order valence-corrected chi connectivity index (χ1v) is 10.4. The van der Waals surface area contributed by atoms with E-state index >= 15 is 0 Å². The van der Waals surface area contributed by atoms with Crippen molar-refractivity contribution >= 4 is 38.9 Å². The molecule has 0 saturated carbocycles. The topological polar surface area (TPSA) is 84.9 Å². The van der Waals surface area contributed by atoms with Crippen LogP contribution in [0.15, 0.2) is 30.3 Å². The number of methoxy groups -OCH3 is 2. The minimum absolute atomic E-state index is 0.0577. The maximum atomic E-state index is 13.1. The molecule has 2 rings (SSSR count). The van der Waals surface area contributed by atoms with Gasteiger partial charge in [0.1, 0.15) is 0 Å². The number of hydrogen-bond acceptors (Lipinski definition) is 5. The number of rotatable bonds is 6. The predicted octanol–water partition coefficient (Wildman–Crippen LogP) is 4.02. The van der Waals surface area contributed by atoms with Gasteiger partial charge in [0.2, 0.25) is 10.0 Å². The molecular weight excluding hydrogens is 449 g/mol. The Bertz CT molecular complexity index is 1070. The number of hydrogen-bond donors (Lipinski definition) is 1. The van der Waals surface area contributed by atoms with Gasteiger partial charge in [0, 0.05) is 18.8 Å². The van der Waals surface area contributed by atoms with Gasteiger partial charge in [0.05, 0.1) is 42.3 Å². The fraction of sp³-hybridized carbons (Fsp3) is 0.278. The number of alkyl halides is 3. The smallest absolute Gasteiger partial charge is 0.417 e. The number of nitrogens with zero attached hydrogens (tertiary/aromatic N) is 1. The van der Waals surface area contributed by atoms with Crippen LogP contribution in [0.2, 0.25) is 5.02 Å². The number of halogens is 4. The number of amides is 1. The Balaban J connectivity index is 2.56. The predicted molar refractivity (Wildman–Crippen MR) is 107 cm³/mol. The minimum atomic E-state index is -4.72. The summed E-state index contributed by atoms with van der Waals surface area (Å²) in [7, 11) is 0.0908. The van der Waals surface area contributed by atoms with Crippen molar-refractivity contribution in [1.82, 2.24) is 0 Å². The van der Waals surface area contributed by atoms with Crippen LogP contribution in [-0.2, 0) is 16.2 Å². The maximum absolute atomic E-state index is 13.1. The fourth-order valence-electron chi connectivity index (χ4n) is 2.51. The molecule has 164 valence electrons. The average molecular weight is 467 g/mol.